The van der Waals surface area contributed by atoms with Crippen molar-refractivity contribution in [1.82, 2.24) is 4.98 Å². The lowest BCUT2D eigenvalue weighted by Gasteiger charge is -2.21. The van der Waals surface area contributed by atoms with E-state index in [-0.39, 0.29) is 6.04 Å². The van der Waals surface area contributed by atoms with Crippen LogP contribution in [0.3, 0.4) is 0 Å². The molecule has 0 bridgehead atoms. The number of thiophene rings is 1. The first kappa shape index (κ1) is 13.1. The number of nitrogens with zero attached hydrogens (tertiary/aromatic N) is 2. The van der Waals surface area contributed by atoms with Crippen LogP contribution >= 0.6 is 11.3 Å². The van der Waals surface area contributed by atoms with Gasteiger partial charge in [0.05, 0.1) is 0 Å². The number of hydrogen-bond acceptors (Lipinski definition) is 4. The van der Waals surface area contributed by atoms with E-state index in [4.69, 9.17) is 5.73 Å². The summed E-state index contributed by atoms with van der Waals surface area (Å²) in [5.41, 5.74) is 8.42. The lowest BCUT2D eigenvalue weighted by atomic mass is 10.1. The summed E-state index contributed by atoms with van der Waals surface area (Å²) in [6.45, 7) is 2.90. The van der Waals surface area contributed by atoms with Gasteiger partial charge in [0.15, 0.2) is 0 Å². The standard InChI is InChI=1S/C14H19N3S/c1-11(15)8-13-4-3-6-16-14(13)17(2)9-12-5-7-18-10-12/h3-7,10-11H,8-9,15H2,1-2H3. The Labute approximate surface area is 112 Å². The fourth-order valence-corrected chi connectivity index (χ4v) is 2.67. The molecule has 0 aliphatic carbocycles. The summed E-state index contributed by atoms with van der Waals surface area (Å²) in [4.78, 5) is 6.67. The van der Waals surface area contributed by atoms with Gasteiger partial charge in [0, 0.05) is 25.8 Å². The molecule has 96 valence electrons. The Bertz CT molecular complexity index is 480. The van der Waals surface area contributed by atoms with Gasteiger partial charge >= 0.3 is 0 Å². The second kappa shape index (κ2) is 5.98. The van der Waals surface area contributed by atoms with Crippen LogP contribution in [0.5, 0.6) is 0 Å². The number of hydrogen-bond donors (Lipinski definition) is 1. The highest BCUT2D eigenvalue weighted by atomic mass is 32.1. The van der Waals surface area contributed by atoms with Gasteiger partial charge in [-0.3, -0.25) is 0 Å². The zero-order valence-corrected chi connectivity index (χ0v) is 11.7. The maximum Gasteiger partial charge on any atom is 0.131 e. The Morgan fingerprint density at radius 1 is 1.44 bits per heavy atom. The van der Waals surface area contributed by atoms with Crippen LogP contribution in [0.4, 0.5) is 5.82 Å². The maximum atomic E-state index is 5.88. The molecule has 2 N–H and O–H groups in total. The Kier molecular flexibility index (Phi) is 4.33. The number of pyridine rings is 1. The second-order valence-electron chi connectivity index (χ2n) is 4.66. The van der Waals surface area contributed by atoms with Gasteiger partial charge in [-0.25, -0.2) is 4.98 Å². The Morgan fingerprint density at radius 2 is 2.28 bits per heavy atom. The lowest BCUT2D eigenvalue weighted by Crippen LogP contribution is -2.23. The third-order valence-electron chi connectivity index (χ3n) is 2.77. The molecule has 0 aliphatic heterocycles. The molecule has 0 spiro atoms. The van der Waals surface area contributed by atoms with E-state index in [1.54, 1.807) is 11.3 Å². The van der Waals surface area contributed by atoms with Gasteiger partial charge in [-0.2, -0.15) is 11.3 Å². The van der Waals surface area contributed by atoms with Gasteiger partial charge in [-0.15, -0.1) is 0 Å². The highest BCUT2D eigenvalue weighted by molar-refractivity contribution is 7.07. The summed E-state index contributed by atoms with van der Waals surface area (Å²) in [5.74, 6) is 1.03. The van der Waals surface area contributed by atoms with Crippen molar-refractivity contribution in [2.75, 3.05) is 11.9 Å². The molecule has 0 fully saturated rings. The molecule has 0 saturated carbocycles. The monoisotopic (exact) mass is 261 g/mol. The van der Waals surface area contributed by atoms with Crippen molar-refractivity contribution < 1.29 is 0 Å². The molecule has 0 amide bonds. The molecule has 2 aromatic heterocycles. The molecule has 0 radical (unpaired) electrons. The molecule has 4 heteroatoms. The highest BCUT2D eigenvalue weighted by Gasteiger charge is 2.10. The van der Waals surface area contributed by atoms with E-state index < -0.39 is 0 Å². The Balaban J connectivity index is 2.16. The van der Waals surface area contributed by atoms with Gasteiger partial charge in [0.2, 0.25) is 0 Å². The van der Waals surface area contributed by atoms with Crippen LogP contribution in [0.15, 0.2) is 35.2 Å². The van der Waals surface area contributed by atoms with Crippen LogP contribution in [0, 0.1) is 0 Å². The summed E-state index contributed by atoms with van der Waals surface area (Å²) in [6.07, 6.45) is 2.70. The first-order valence-corrected chi connectivity index (χ1v) is 7.03. The summed E-state index contributed by atoms with van der Waals surface area (Å²) in [7, 11) is 2.07. The van der Waals surface area contributed by atoms with E-state index in [2.05, 4.69) is 39.8 Å². The minimum Gasteiger partial charge on any atom is -0.355 e. The molecule has 2 heterocycles. The third kappa shape index (κ3) is 3.31. The fourth-order valence-electron chi connectivity index (χ4n) is 2.01. The number of rotatable bonds is 5. The highest BCUT2D eigenvalue weighted by Crippen LogP contribution is 2.20. The van der Waals surface area contributed by atoms with Crippen molar-refractivity contribution in [2.24, 2.45) is 5.73 Å². The Morgan fingerprint density at radius 3 is 2.94 bits per heavy atom. The third-order valence-corrected chi connectivity index (χ3v) is 3.50. The average molecular weight is 261 g/mol. The average Bonchev–Trinajstić information content (AvgIpc) is 2.81. The van der Waals surface area contributed by atoms with Crippen molar-refractivity contribution in [1.29, 1.82) is 0 Å². The van der Waals surface area contributed by atoms with Crippen molar-refractivity contribution in [3.63, 3.8) is 0 Å². The zero-order chi connectivity index (χ0) is 13.0. The quantitative estimate of drug-likeness (QED) is 0.899. The molecular formula is C14H19N3S. The lowest BCUT2D eigenvalue weighted by molar-refractivity contribution is 0.730. The van der Waals surface area contributed by atoms with E-state index in [1.807, 2.05) is 19.2 Å². The number of aromatic nitrogens is 1. The summed E-state index contributed by atoms with van der Waals surface area (Å²) in [5, 5.41) is 4.27. The maximum absolute atomic E-state index is 5.88. The summed E-state index contributed by atoms with van der Waals surface area (Å²) < 4.78 is 0. The van der Waals surface area contributed by atoms with Crippen molar-refractivity contribution in [2.45, 2.75) is 25.9 Å². The first-order chi connectivity index (χ1) is 8.66. The van der Waals surface area contributed by atoms with Crippen molar-refractivity contribution >= 4 is 17.2 Å². The van der Waals surface area contributed by atoms with E-state index in [0.29, 0.717) is 0 Å². The molecule has 2 aromatic rings. The predicted molar refractivity (Wildman–Crippen MR) is 78.0 cm³/mol. The molecule has 0 saturated heterocycles. The minimum atomic E-state index is 0.155. The summed E-state index contributed by atoms with van der Waals surface area (Å²) in [6, 6.07) is 6.38. The topological polar surface area (TPSA) is 42.1 Å². The van der Waals surface area contributed by atoms with Crippen LogP contribution in [-0.4, -0.2) is 18.1 Å². The molecule has 1 atom stereocenters. The van der Waals surface area contributed by atoms with Gasteiger partial charge in [-0.1, -0.05) is 6.07 Å². The minimum absolute atomic E-state index is 0.155. The first-order valence-electron chi connectivity index (χ1n) is 6.08. The zero-order valence-electron chi connectivity index (χ0n) is 10.8. The summed E-state index contributed by atoms with van der Waals surface area (Å²) >= 11 is 1.72. The molecule has 0 aliphatic rings. The van der Waals surface area contributed by atoms with Crippen LogP contribution in [-0.2, 0) is 13.0 Å². The van der Waals surface area contributed by atoms with Gasteiger partial charge in [0.25, 0.3) is 0 Å². The number of anilines is 1. The van der Waals surface area contributed by atoms with Crippen LogP contribution in [0.2, 0.25) is 0 Å². The van der Waals surface area contributed by atoms with Gasteiger partial charge in [-0.05, 0) is 47.4 Å². The fraction of sp³-hybridized carbons (Fsp3) is 0.357. The SMILES string of the molecule is CC(N)Cc1cccnc1N(C)Cc1ccsc1. The Hall–Kier alpha value is -1.39. The molecule has 0 aromatic carbocycles. The molecular weight excluding hydrogens is 242 g/mol. The largest absolute Gasteiger partial charge is 0.355 e. The van der Waals surface area contributed by atoms with E-state index >= 15 is 0 Å². The molecule has 1 unspecified atom stereocenters. The van der Waals surface area contributed by atoms with Crippen molar-refractivity contribution in [3.8, 4) is 0 Å². The van der Waals surface area contributed by atoms with Crippen LogP contribution in [0.25, 0.3) is 0 Å². The molecule has 3 nitrogen and oxygen atoms in total. The van der Waals surface area contributed by atoms with Crippen LogP contribution < -0.4 is 10.6 Å². The van der Waals surface area contributed by atoms with Crippen LogP contribution in [0.1, 0.15) is 18.1 Å². The molecule has 2 rings (SSSR count). The van der Waals surface area contributed by atoms with E-state index in [1.165, 1.54) is 11.1 Å². The van der Waals surface area contributed by atoms with E-state index in [0.717, 1.165) is 18.8 Å². The van der Waals surface area contributed by atoms with Gasteiger partial charge < -0.3 is 10.6 Å². The predicted octanol–water partition coefficient (Wildman–Crippen LogP) is 2.67. The van der Waals surface area contributed by atoms with E-state index in [9.17, 15) is 0 Å². The number of nitrogens with two attached hydrogens (primary N) is 1. The second-order valence-corrected chi connectivity index (χ2v) is 5.44. The van der Waals surface area contributed by atoms with Gasteiger partial charge in [0.1, 0.15) is 5.82 Å². The molecule has 18 heavy (non-hydrogen) atoms. The van der Waals surface area contributed by atoms with Crippen molar-refractivity contribution in [3.05, 3.63) is 46.3 Å². The smallest absolute Gasteiger partial charge is 0.131 e. The normalized spacial score (nSPS) is 12.4.